The smallest absolute Gasteiger partial charge is 0.254 e. The summed E-state index contributed by atoms with van der Waals surface area (Å²) in [7, 11) is -3.92. The molecule has 0 aliphatic carbocycles. The monoisotopic (exact) mass is 898 g/mol. The van der Waals surface area contributed by atoms with Gasteiger partial charge in [0.05, 0.1) is 36.1 Å². The van der Waals surface area contributed by atoms with Crippen LogP contribution in [0.4, 0.5) is 8.78 Å². The highest BCUT2D eigenvalue weighted by atomic mass is 32.2. The normalized spacial score (nSPS) is 14.3. The predicted octanol–water partition coefficient (Wildman–Crippen LogP) is 0.0395. The van der Waals surface area contributed by atoms with Crippen LogP contribution in [0.1, 0.15) is 50.9 Å². The fraction of sp³-hybridized carbons (Fsp3) is 0.405. The first-order chi connectivity index (χ1) is 29.6. The molecule has 1 aromatic heterocycles. The topological polar surface area (TPSA) is 273 Å². The summed E-state index contributed by atoms with van der Waals surface area (Å²) in [5.74, 6) is -8.31. The molecular weight excluding hydrogens is 847 g/mol. The van der Waals surface area contributed by atoms with Crippen molar-refractivity contribution in [2.45, 2.75) is 58.3 Å². The second-order valence-corrected chi connectivity index (χ2v) is 18.2. The number of benzene rings is 2. The van der Waals surface area contributed by atoms with Gasteiger partial charge in [-0.1, -0.05) is 51.1 Å². The number of aromatic nitrogens is 1. The molecule has 4 rings (SSSR count). The van der Waals surface area contributed by atoms with E-state index in [0.717, 1.165) is 35.9 Å². The Labute approximate surface area is 362 Å². The second kappa shape index (κ2) is 21.7. The highest BCUT2D eigenvalue weighted by Gasteiger charge is 2.38. The number of nitrogens with zero attached hydrogens (tertiary/aromatic N) is 3. The lowest BCUT2D eigenvalue weighted by atomic mass is 9.82. The molecule has 21 heteroatoms. The van der Waals surface area contributed by atoms with E-state index < -0.39 is 124 Å². The van der Waals surface area contributed by atoms with Crippen molar-refractivity contribution in [3.63, 3.8) is 0 Å². The summed E-state index contributed by atoms with van der Waals surface area (Å²) in [6.07, 6.45) is 2.70. The van der Waals surface area contributed by atoms with Crippen LogP contribution in [0.25, 0.3) is 11.1 Å². The van der Waals surface area contributed by atoms with Gasteiger partial charge in [0.1, 0.15) is 24.8 Å². The predicted molar refractivity (Wildman–Crippen MR) is 225 cm³/mol. The summed E-state index contributed by atoms with van der Waals surface area (Å²) in [4.78, 5) is 89.4. The molecule has 0 spiro atoms. The number of hydrogen-bond acceptors (Lipinski definition) is 11. The van der Waals surface area contributed by atoms with Gasteiger partial charge in [0.2, 0.25) is 29.5 Å². The number of amides is 7. The molecule has 2 aromatic carbocycles. The van der Waals surface area contributed by atoms with Gasteiger partial charge in [-0.3, -0.25) is 43.8 Å². The Balaban J connectivity index is 1.59. The average molecular weight is 899 g/mol. The van der Waals surface area contributed by atoms with Gasteiger partial charge >= 0.3 is 0 Å². The van der Waals surface area contributed by atoms with Crippen molar-refractivity contribution in [3.8, 4) is 11.1 Å². The summed E-state index contributed by atoms with van der Waals surface area (Å²) >= 11 is 0. The third-order valence-electron chi connectivity index (χ3n) is 10.0. The number of imide groups is 1. The number of hydrogen-bond donors (Lipinski definition) is 6. The first-order valence-electron chi connectivity index (χ1n) is 19.8. The number of halogens is 2. The number of rotatable bonds is 23. The summed E-state index contributed by atoms with van der Waals surface area (Å²) in [6, 6.07) is 10.0. The Kier molecular flexibility index (Phi) is 17.0. The Bertz CT molecular complexity index is 2310. The maximum absolute atomic E-state index is 15.2. The standard InChI is InChI=1S/C42H52F2N8O10S/c1-42(2,3)39(33-19-27(29-20-28(43)9-10-30(29)44)23-50(33)22-26-7-5-4-6-8-26)51(38(58)25-53)16-13-31(49-32(40(46)59)21-34(45)54)41(60)48-15-18-63(61,62)17-14-47-35(55)24-52-36(56)11-12-37(52)57/h4-12,19-20,23,31-32,39,49,53H,13-18,21-22,24-25H2,1-3H3,(H2,45,54)(H2,46,59)(H,47,55)(H,48,60)/t31-,32-,39-/m0/s1. The van der Waals surface area contributed by atoms with Crippen LogP contribution in [0.3, 0.4) is 0 Å². The van der Waals surface area contributed by atoms with Crippen LogP contribution >= 0.6 is 0 Å². The molecule has 8 N–H and O–H groups in total. The first kappa shape index (κ1) is 49.3. The number of carbonyl (C=O) groups is 7. The maximum atomic E-state index is 15.2. The first-order valence-corrected chi connectivity index (χ1v) is 21.6. The van der Waals surface area contributed by atoms with Crippen LogP contribution in [0.15, 0.2) is 72.9 Å². The number of aliphatic hydroxyl groups excluding tert-OH is 1. The number of aliphatic hydroxyl groups is 1. The van der Waals surface area contributed by atoms with E-state index in [0.29, 0.717) is 16.2 Å². The van der Waals surface area contributed by atoms with Crippen molar-refractivity contribution in [2.75, 3.05) is 44.3 Å². The van der Waals surface area contributed by atoms with Crippen LogP contribution in [0, 0.1) is 17.0 Å². The van der Waals surface area contributed by atoms with Crippen molar-refractivity contribution in [1.29, 1.82) is 0 Å². The summed E-state index contributed by atoms with van der Waals surface area (Å²) in [5, 5.41) is 17.8. The summed E-state index contributed by atoms with van der Waals surface area (Å²) in [6.45, 7) is 2.98. The highest BCUT2D eigenvalue weighted by Crippen LogP contribution is 2.41. The van der Waals surface area contributed by atoms with Crippen LogP contribution in [-0.4, -0.2) is 126 Å². The Morgan fingerprint density at radius 3 is 2.11 bits per heavy atom. The molecule has 2 heterocycles. The van der Waals surface area contributed by atoms with E-state index in [4.69, 9.17) is 11.5 Å². The van der Waals surface area contributed by atoms with Crippen molar-refractivity contribution in [1.82, 2.24) is 30.3 Å². The molecule has 7 amide bonds. The SMILES string of the molecule is CC(C)(C)[C@H](c1cc(-c2cc(F)ccc2F)cn1Cc1ccccc1)N(CC[C@H](N[C@@H](CC(N)=O)C(N)=O)C(=O)NCCS(=O)(=O)CCNC(=O)CN1C(=O)C=CC1=O)C(=O)CO. The van der Waals surface area contributed by atoms with Gasteiger partial charge in [0, 0.05) is 61.3 Å². The van der Waals surface area contributed by atoms with E-state index in [1.807, 2.05) is 51.1 Å². The molecule has 0 bridgehead atoms. The van der Waals surface area contributed by atoms with E-state index >= 15 is 4.39 Å². The minimum Gasteiger partial charge on any atom is -0.387 e. The third kappa shape index (κ3) is 14.1. The van der Waals surface area contributed by atoms with Crippen LogP contribution in [0.2, 0.25) is 0 Å². The molecular formula is C42H52F2N8O10S. The molecule has 340 valence electrons. The molecule has 1 aliphatic rings. The zero-order valence-electron chi connectivity index (χ0n) is 35.0. The number of primary amides is 2. The molecule has 1 aliphatic heterocycles. The van der Waals surface area contributed by atoms with Crippen LogP contribution in [-0.2, 0) is 49.9 Å². The minimum absolute atomic E-state index is 0.0407. The van der Waals surface area contributed by atoms with Crippen molar-refractivity contribution < 1.29 is 55.9 Å². The fourth-order valence-electron chi connectivity index (χ4n) is 7.03. The lowest BCUT2D eigenvalue weighted by Crippen LogP contribution is -2.55. The van der Waals surface area contributed by atoms with E-state index in [1.165, 1.54) is 4.90 Å². The number of carbonyl (C=O) groups excluding carboxylic acids is 7. The average Bonchev–Trinajstić information content (AvgIpc) is 3.75. The van der Waals surface area contributed by atoms with Gasteiger partial charge in [0.15, 0.2) is 9.84 Å². The van der Waals surface area contributed by atoms with Crippen molar-refractivity contribution in [2.24, 2.45) is 16.9 Å². The van der Waals surface area contributed by atoms with Gasteiger partial charge in [-0.05, 0) is 41.7 Å². The lowest BCUT2D eigenvalue weighted by Gasteiger charge is -2.41. The van der Waals surface area contributed by atoms with E-state index in [-0.39, 0.29) is 31.6 Å². The van der Waals surface area contributed by atoms with Crippen molar-refractivity contribution >= 4 is 51.2 Å². The van der Waals surface area contributed by atoms with E-state index in [9.17, 15) is 51.5 Å². The van der Waals surface area contributed by atoms with Gasteiger partial charge in [-0.25, -0.2) is 17.2 Å². The zero-order valence-corrected chi connectivity index (χ0v) is 35.8. The minimum atomic E-state index is -3.92. The third-order valence-corrected chi connectivity index (χ3v) is 11.7. The quantitative estimate of drug-likeness (QED) is 0.0692. The molecule has 0 radical (unpaired) electrons. The molecule has 3 atom stereocenters. The van der Waals surface area contributed by atoms with E-state index in [1.54, 1.807) is 16.8 Å². The van der Waals surface area contributed by atoms with Crippen LogP contribution < -0.4 is 27.4 Å². The number of nitrogens with one attached hydrogen (secondary N) is 3. The Morgan fingerprint density at radius 1 is 0.889 bits per heavy atom. The molecule has 63 heavy (non-hydrogen) atoms. The zero-order chi connectivity index (χ0) is 46.6. The van der Waals surface area contributed by atoms with Crippen LogP contribution in [0.5, 0.6) is 0 Å². The molecule has 0 saturated heterocycles. The van der Waals surface area contributed by atoms with Gasteiger partial charge in [-0.2, -0.15) is 0 Å². The second-order valence-electron chi connectivity index (χ2n) is 15.9. The van der Waals surface area contributed by atoms with Gasteiger partial charge < -0.3 is 36.7 Å². The van der Waals surface area contributed by atoms with Gasteiger partial charge in [0.25, 0.3) is 11.8 Å². The molecule has 3 aromatic rings. The summed E-state index contributed by atoms with van der Waals surface area (Å²) < 4.78 is 57.1. The maximum Gasteiger partial charge on any atom is 0.254 e. The Hall–Kier alpha value is -6.32. The fourth-order valence-corrected chi connectivity index (χ4v) is 8.06. The largest absolute Gasteiger partial charge is 0.387 e. The highest BCUT2D eigenvalue weighted by molar-refractivity contribution is 7.91. The number of sulfone groups is 1. The van der Waals surface area contributed by atoms with Crippen molar-refractivity contribution in [3.05, 3.63) is 95.8 Å². The molecule has 0 saturated carbocycles. The lowest BCUT2D eigenvalue weighted by molar-refractivity contribution is -0.141. The number of nitrogens with two attached hydrogens (primary N) is 2. The summed E-state index contributed by atoms with van der Waals surface area (Å²) in [5.41, 5.74) is 11.6. The molecule has 18 nitrogen and oxygen atoms in total. The Morgan fingerprint density at radius 2 is 1.52 bits per heavy atom. The molecule has 0 fully saturated rings. The van der Waals surface area contributed by atoms with E-state index in [2.05, 4.69) is 16.0 Å². The van der Waals surface area contributed by atoms with Gasteiger partial charge in [-0.15, -0.1) is 0 Å². The molecule has 0 unspecified atom stereocenters.